The van der Waals surface area contributed by atoms with Gasteiger partial charge < -0.3 is 10.2 Å². The van der Waals surface area contributed by atoms with Crippen LogP contribution in [-0.4, -0.2) is 49.3 Å². The highest BCUT2D eigenvalue weighted by molar-refractivity contribution is 7.88. The molecule has 1 aromatic heterocycles. The van der Waals surface area contributed by atoms with E-state index < -0.39 is 10.0 Å². The van der Waals surface area contributed by atoms with Crippen molar-refractivity contribution in [2.45, 2.75) is 38.0 Å². The number of nitrogens with zero attached hydrogens (tertiary/aromatic N) is 3. The van der Waals surface area contributed by atoms with E-state index >= 15 is 0 Å². The molecule has 31 heavy (non-hydrogen) atoms. The molecule has 166 valence electrons. The van der Waals surface area contributed by atoms with Gasteiger partial charge in [0.15, 0.2) is 5.82 Å². The lowest BCUT2D eigenvalue weighted by Gasteiger charge is -2.32. The number of rotatable bonds is 5. The molecule has 1 aromatic carbocycles. The molecule has 0 aliphatic carbocycles. The number of carbonyl (C=O) groups excluding carboxylic acids is 1. The van der Waals surface area contributed by atoms with E-state index in [0.29, 0.717) is 30.2 Å². The number of anilines is 2. The second-order valence-corrected chi connectivity index (χ2v) is 10.2. The van der Waals surface area contributed by atoms with Gasteiger partial charge in [-0.2, -0.15) is 4.31 Å². The molecule has 3 heterocycles. The van der Waals surface area contributed by atoms with E-state index in [0.717, 1.165) is 25.8 Å². The van der Waals surface area contributed by atoms with Gasteiger partial charge >= 0.3 is 0 Å². The Morgan fingerprint density at radius 3 is 2.71 bits per heavy atom. The van der Waals surface area contributed by atoms with Crippen molar-refractivity contribution in [2.75, 3.05) is 29.9 Å². The summed E-state index contributed by atoms with van der Waals surface area (Å²) in [6, 6.07) is 9.19. The van der Waals surface area contributed by atoms with Crippen molar-refractivity contribution in [3.05, 3.63) is 54.0 Å². The summed E-state index contributed by atoms with van der Waals surface area (Å²) in [6.07, 6.45) is 4.65. The molecule has 4 rings (SSSR count). The molecule has 7 nitrogen and oxygen atoms in total. The fourth-order valence-electron chi connectivity index (χ4n) is 4.59. The molecule has 1 amide bonds. The topological polar surface area (TPSA) is 82.6 Å². The summed E-state index contributed by atoms with van der Waals surface area (Å²) in [7, 11) is -3.54. The number of amides is 1. The van der Waals surface area contributed by atoms with Crippen LogP contribution in [0.1, 0.15) is 31.7 Å². The summed E-state index contributed by atoms with van der Waals surface area (Å²) in [5, 5.41) is 2.84. The van der Waals surface area contributed by atoms with Gasteiger partial charge in [-0.25, -0.2) is 17.8 Å². The average Bonchev–Trinajstić information content (AvgIpc) is 3.06. The largest absolute Gasteiger partial charge is 0.350 e. The van der Waals surface area contributed by atoms with E-state index in [1.807, 2.05) is 6.07 Å². The molecule has 9 heteroatoms. The minimum atomic E-state index is -3.54. The zero-order chi connectivity index (χ0) is 22.0. The maximum absolute atomic E-state index is 13.2. The maximum atomic E-state index is 13.2. The van der Waals surface area contributed by atoms with Crippen molar-refractivity contribution in [2.24, 2.45) is 5.92 Å². The van der Waals surface area contributed by atoms with Gasteiger partial charge in [-0.1, -0.05) is 18.6 Å². The number of aromatic nitrogens is 1. The zero-order valence-corrected chi connectivity index (χ0v) is 18.3. The third kappa shape index (κ3) is 4.88. The number of pyridine rings is 1. The average molecular weight is 447 g/mol. The molecule has 2 fully saturated rings. The van der Waals surface area contributed by atoms with Crippen LogP contribution in [0.3, 0.4) is 0 Å². The SMILES string of the molecule is CC(=O)Nc1cccnc1N1CCCC[C@@H]2CN(S(=O)(=O)Cc3ccc(F)cc3)C[C@@H]21. The highest BCUT2D eigenvalue weighted by Crippen LogP contribution is 2.36. The first-order valence-electron chi connectivity index (χ1n) is 10.5. The van der Waals surface area contributed by atoms with E-state index in [1.165, 1.54) is 31.2 Å². The minimum Gasteiger partial charge on any atom is -0.350 e. The number of fused-ring (bicyclic) bond motifs is 1. The van der Waals surface area contributed by atoms with Crippen LogP contribution < -0.4 is 10.2 Å². The number of hydrogen-bond donors (Lipinski definition) is 1. The summed E-state index contributed by atoms with van der Waals surface area (Å²) in [5.41, 5.74) is 1.21. The molecule has 0 bridgehead atoms. The molecule has 0 spiro atoms. The van der Waals surface area contributed by atoms with Crippen LogP contribution in [0.4, 0.5) is 15.9 Å². The van der Waals surface area contributed by atoms with Crippen LogP contribution >= 0.6 is 0 Å². The third-order valence-corrected chi connectivity index (χ3v) is 7.81. The molecular formula is C22H27FN4O3S. The first-order chi connectivity index (χ1) is 14.8. The Balaban J connectivity index is 1.58. The fraction of sp³-hybridized carbons (Fsp3) is 0.455. The number of benzene rings is 1. The molecule has 2 atom stereocenters. The van der Waals surface area contributed by atoms with Gasteiger partial charge in [0.2, 0.25) is 15.9 Å². The Morgan fingerprint density at radius 2 is 1.97 bits per heavy atom. The zero-order valence-electron chi connectivity index (χ0n) is 17.5. The lowest BCUT2D eigenvalue weighted by Crippen LogP contribution is -2.42. The number of halogens is 1. The summed E-state index contributed by atoms with van der Waals surface area (Å²) >= 11 is 0. The first-order valence-corrected chi connectivity index (χ1v) is 12.2. The number of carbonyl (C=O) groups is 1. The second-order valence-electron chi connectivity index (χ2n) is 8.27. The summed E-state index contributed by atoms with van der Waals surface area (Å²) in [5.74, 6) is 0.180. The normalized spacial score (nSPS) is 22.1. The number of nitrogens with one attached hydrogen (secondary N) is 1. The molecule has 1 N–H and O–H groups in total. The predicted molar refractivity (Wildman–Crippen MR) is 118 cm³/mol. The van der Waals surface area contributed by atoms with E-state index in [-0.39, 0.29) is 29.4 Å². The van der Waals surface area contributed by atoms with Gasteiger partial charge in [-0.15, -0.1) is 0 Å². The summed E-state index contributed by atoms with van der Waals surface area (Å²) in [4.78, 5) is 18.3. The van der Waals surface area contributed by atoms with Crippen molar-refractivity contribution >= 4 is 27.4 Å². The van der Waals surface area contributed by atoms with Crippen molar-refractivity contribution in [1.82, 2.24) is 9.29 Å². The van der Waals surface area contributed by atoms with Crippen LogP contribution in [0, 0.1) is 11.7 Å². The molecule has 2 saturated heterocycles. The van der Waals surface area contributed by atoms with Crippen LogP contribution in [0.5, 0.6) is 0 Å². The highest BCUT2D eigenvalue weighted by atomic mass is 32.2. The first kappa shape index (κ1) is 21.7. The van der Waals surface area contributed by atoms with Crippen molar-refractivity contribution < 1.29 is 17.6 Å². The van der Waals surface area contributed by atoms with E-state index in [2.05, 4.69) is 15.2 Å². The molecule has 0 unspecified atom stereocenters. The van der Waals surface area contributed by atoms with E-state index in [9.17, 15) is 17.6 Å². The molecule has 2 aliphatic heterocycles. The monoisotopic (exact) mass is 446 g/mol. The Labute approximate surface area is 182 Å². The fourth-order valence-corrected chi connectivity index (χ4v) is 6.19. The van der Waals surface area contributed by atoms with E-state index in [4.69, 9.17) is 0 Å². The van der Waals surface area contributed by atoms with Gasteiger partial charge in [-0.05, 0) is 48.6 Å². The Morgan fingerprint density at radius 1 is 1.19 bits per heavy atom. The highest BCUT2D eigenvalue weighted by Gasteiger charge is 2.43. The van der Waals surface area contributed by atoms with Gasteiger partial charge in [0.05, 0.1) is 11.4 Å². The van der Waals surface area contributed by atoms with Gasteiger partial charge in [0, 0.05) is 38.8 Å². The van der Waals surface area contributed by atoms with Crippen LogP contribution in [-0.2, 0) is 20.6 Å². The summed E-state index contributed by atoms with van der Waals surface area (Å²) < 4.78 is 41.0. The van der Waals surface area contributed by atoms with Gasteiger partial charge in [-0.3, -0.25) is 4.79 Å². The van der Waals surface area contributed by atoms with Gasteiger partial charge in [0.1, 0.15) is 5.82 Å². The Bertz CT molecular complexity index is 1040. The Kier molecular flexibility index (Phi) is 6.24. The van der Waals surface area contributed by atoms with Crippen molar-refractivity contribution in [3.8, 4) is 0 Å². The maximum Gasteiger partial charge on any atom is 0.221 e. The molecular weight excluding hydrogens is 419 g/mol. The quantitative estimate of drug-likeness (QED) is 0.764. The second kappa shape index (κ2) is 8.92. The number of hydrogen-bond acceptors (Lipinski definition) is 5. The van der Waals surface area contributed by atoms with Crippen LogP contribution in [0.15, 0.2) is 42.6 Å². The molecule has 0 saturated carbocycles. The lowest BCUT2D eigenvalue weighted by molar-refractivity contribution is -0.114. The van der Waals surface area contributed by atoms with Crippen LogP contribution in [0.25, 0.3) is 0 Å². The Hall–Kier alpha value is -2.52. The van der Waals surface area contributed by atoms with E-state index in [1.54, 1.807) is 16.6 Å². The standard InChI is InChI=1S/C22H27FN4O3S/c1-16(28)25-20-6-4-11-24-22(20)27-12-3-2-5-18-13-26(14-21(18)27)31(29,30)15-17-7-9-19(23)10-8-17/h4,6-11,18,21H,2-3,5,12-15H2,1H3,(H,25,28)/t18-,21+/m1/s1. The third-order valence-electron chi connectivity index (χ3n) is 6.02. The lowest BCUT2D eigenvalue weighted by atomic mass is 9.98. The van der Waals surface area contributed by atoms with Gasteiger partial charge in [0.25, 0.3) is 0 Å². The summed E-state index contributed by atoms with van der Waals surface area (Å²) in [6.45, 7) is 3.06. The smallest absolute Gasteiger partial charge is 0.221 e. The molecule has 2 aliphatic rings. The molecule has 0 radical (unpaired) electrons. The van der Waals surface area contributed by atoms with Crippen LogP contribution in [0.2, 0.25) is 0 Å². The predicted octanol–water partition coefficient (Wildman–Crippen LogP) is 3.00. The minimum absolute atomic E-state index is 0.00657. The number of sulfonamides is 1. The molecule has 2 aromatic rings. The van der Waals surface area contributed by atoms with Crippen molar-refractivity contribution in [3.63, 3.8) is 0 Å². The van der Waals surface area contributed by atoms with Crippen molar-refractivity contribution in [1.29, 1.82) is 0 Å².